The molecule has 0 atom stereocenters. The van der Waals surface area contributed by atoms with Gasteiger partial charge in [-0.2, -0.15) is 0 Å². The van der Waals surface area contributed by atoms with Gasteiger partial charge in [0, 0.05) is 5.69 Å². The van der Waals surface area contributed by atoms with Gasteiger partial charge in [-0.15, -0.1) is 0 Å². The molecule has 0 saturated carbocycles. The van der Waals surface area contributed by atoms with E-state index in [1.54, 1.807) is 19.2 Å². The molecular weight excluding hydrogens is 266 g/mol. The molecule has 4 nitrogen and oxygen atoms in total. The van der Waals surface area contributed by atoms with Crippen molar-refractivity contribution in [2.24, 2.45) is 0 Å². The molecule has 2 rings (SSSR count). The molecule has 0 saturated heterocycles. The molecular formula is C17H19NO3. The van der Waals surface area contributed by atoms with Crippen LogP contribution < -0.4 is 14.8 Å². The van der Waals surface area contributed by atoms with Gasteiger partial charge in [-0.3, -0.25) is 4.79 Å². The Morgan fingerprint density at radius 2 is 1.71 bits per heavy atom. The molecule has 0 aliphatic rings. The van der Waals surface area contributed by atoms with E-state index >= 15 is 0 Å². The molecule has 0 aromatic heterocycles. The van der Waals surface area contributed by atoms with Gasteiger partial charge in [0.15, 0.2) is 18.1 Å². The number of methoxy groups -OCH3 is 1. The first-order chi connectivity index (χ1) is 10.2. The summed E-state index contributed by atoms with van der Waals surface area (Å²) in [5, 5.41) is 2.80. The highest BCUT2D eigenvalue weighted by Crippen LogP contribution is 2.25. The number of anilines is 1. The molecule has 1 N–H and O–H groups in total. The zero-order valence-electron chi connectivity index (χ0n) is 12.3. The summed E-state index contributed by atoms with van der Waals surface area (Å²) < 4.78 is 10.6. The first-order valence-corrected chi connectivity index (χ1v) is 6.87. The topological polar surface area (TPSA) is 47.6 Å². The average Bonchev–Trinajstić information content (AvgIpc) is 2.54. The van der Waals surface area contributed by atoms with Crippen molar-refractivity contribution in [3.8, 4) is 11.5 Å². The Labute approximate surface area is 124 Å². The Kier molecular flexibility index (Phi) is 5.21. The summed E-state index contributed by atoms with van der Waals surface area (Å²) in [5.41, 5.74) is 2.00. The van der Waals surface area contributed by atoms with Gasteiger partial charge in [0.2, 0.25) is 0 Å². The van der Waals surface area contributed by atoms with Crippen molar-refractivity contribution in [3.63, 3.8) is 0 Å². The van der Waals surface area contributed by atoms with E-state index in [2.05, 4.69) is 12.2 Å². The second-order valence-corrected chi connectivity index (χ2v) is 4.54. The number of hydrogen-bond acceptors (Lipinski definition) is 3. The third-order valence-electron chi connectivity index (χ3n) is 3.07. The van der Waals surface area contributed by atoms with E-state index in [9.17, 15) is 4.79 Å². The molecule has 0 aliphatic carbocycles. The number of carbonyl (C=O) groups is 1. The number of aryl methyl sites for hydroxylation is 1. The molecule has 0 aliphatic heterocycles. The van der Waals surface area contributed by atoms with Crippen LogP contribution in [0.2, 0.25) is 0 Å². The van der Waals surface area contributed by atoms with Crippen LogP contribution in [-0.4, -0.2) is 19.6 Å². The molecule has 0 unspecified atom stereocenters. The zero-order valence-corrected chi connectivity index (χ0v) is 12.3. The number of amides is 1. The highest BCUT2D eigenvalue weighted by molar-refractivity contribution is 5.91. The number of para-hydroxylation sites is 2. The third-order valence-corrected chi connectivity index (χ3v) is 3.07. The summed E-state index contributed by atoms with van der Waals surface area (Å²) in [5.74, 6) is 0.958. The van der Waals surface area contributed by atoms with Crippen molar-refractivity contribution in [1.29, 1.82) is 0 Å². The molecule has 1 amide bonds. The van der Waals surface area contributed by atoms with Crippen molar-refractivity contribution >= 4 is 11.6 Å². The Morgan fingerprint density at radius 3 is 2.33 bits per heavy atom. The lowest BCUT2D eigenvalue weighted by molar-refractivity contribution is -0.118. The highest BCUT2D eigenvalue weighted by Gasteiger charge is 2.07. The fourth-order valence-corrected chi connectivity index (χ4v) is 1.90. The predicted octanol–water partition coefficient (Wildman–Crippen LogP) is 3.28. The van der Waals surface area contributed by atoms with Crippen LogP contribution in [0.4, 0.5) is 5.69 Å². The van der Waals surface area contributed by atoms with Crippen molar-refractivity contribution in [1.82, 2.24) is 0 Å². The summed E-state index contributed by atoms with van der Waals surface area (Å²) in [6.07, 6.45) is 0.977. The summed E-state index contributed by atoms with van der Waals surface area (Å²) in [6.45, 7) is 2.03. The highest BCUT2D eigenvalue weighted by atomic mass is 16.5. The van der Waals surface area contributed by atoms with Gasteiger partial charge in [-0.1, -0.05) is 31.2 Å². The lowest BCUT2D eigenvalue weighted by atomic mass is 10.1. The smallest absolute Gasteiger partial charge is 0.262 e. The molecule has 0 radical (unpaired) electrons. The van der Waals surface area contributed by atoms with E-state index in [-0.39, 0.29) is 12.5 Å². The first-order valence-electron chi connectivity index (χ1n) is 6.87. The summed E-state index contributed by atoms with van der Waals surface area (Å²) >= 11 is 0. The van der Waals surface area contributed by atoms with Gasteiger partial charge in [-0.05, 0) is 36.2 Å². The van der Waals surface area contributed by atoms with Crippen LogP contribution in [0.1, 0.15) is 12.5 Å². The van der Waals surface area contributed by atoms with Crippen molar-refractivity contribution in [2.45, 2.75) is 13.3 Å². The molecule has 0 spiro atoms. The Hall–Kier alpha value is -2.49. The number of hydrogen-bond donors (Lipinski definition) is 1. The fourth-order valence-electron chi connectivity index (χ4n) is 1.90. The SMILES string of the molecule is CCc1ccc(NC(=O)COc2ccccc2OC)cc1. The van der Waals surface area contributed by atoms with Crippen molar-refractivity contribution < 1.29 is 14.3 Å². The normalized spacial score (nSPS) is 10.0. The van der Waals surface area contributed by atoms with E-state index in [1.165, 1.54) is 5.56 Å². The molecule has 0 fully saturated rings. The Morgan fingerprint density at radius 1 is 1.05 bits per heavy atom. The van der Waals surface area contributed by atoms with E-state index in [1.807, 2.05) is 36.4 Å². The van der Waals surface area contributed by atoms with E-state index in [0.717, 1.165) is 12.1 Å². The molecule has 4 heteroatoms. The van der Waals surface area contributed by atoms with Crippen LogP contribution in [0.3, 0.4) is 0 Å². The van der Waals surface area contributed by atoms with Gasteiger partial charge < -0.3 is 14.8 Å². The predicted molar refractivity (Wildman–Crippen MR) is 82.9 cm³/mol. The average molecular weight is 285 g/mol. The summed E-state index contributed by atoms with van der Waals surface area (Å²) in [4.78, 5) is 11.9. The van der Waals surface area contributed by atoms with Gasteiger partial charge in [-0.25, -0.2) is 0 Å². The maximum Gasteiger partial charge on any atom is 0.262 e. The summed E-state index contributed by atoms with van der Waals surface area (Å²) in [7, 11) is 1.57. The molecule has 0 bridgehead atoms. The number of nitrogens with one attached hydrogen (secondary N) is 1. The van der Waals surface area contributed by atoms with Crippen LogP contribution in [0.5, 0.6) is 11.5 Å². The van der Waals surface area contributed by atoms with Crippen molar-refractivity contribution in [3.05, 3.63) is 54.1 Å². The van der Waals surface area contributed by atoms with Gasteiger partial charge >= 0.3 is 0 Å². The first kappa shape index (κ1) is 14.9. The van der Waals surface area contributed by atoms with Crippen molar-refractivity contribution in [2.75, 3.05) is 19.0 Å². The minimum Gasteiger partial charge on any atom is -0.493 e. The molecule has 21 heavy (non-hydrogen) atoms. The maximum atomic E-state index is 11.9. The number of rotatable bonds is 6. The number of carbonyl (C=O) groups excluding carboxylic acids is 1. The maximum absolute atomic E-state index is 11.9. The second-order valence-electron chi connectivity index (χ2n) is 4.54. The lowest BCUT2D eigenvalue weighted by Crippen LogP contribution is -2.20. The molecule has 2 aromatic rings. The summed E-state index contributed by atoms with van der Waals surface area (Å²) in [6, 6.07) is 15.0. The fraction of sp³-hybridized carbons (Fsp3) is 0.235. The van der Waals surface area contributed by atoms with Crippen LogP contribution in [-0.2, 0) is 11.2 Å². The lowest BCUT2D eigenvalue weighted by Gasteiger charge is -2.10. The Bertz CT molecular complexity index is 593. The Balaban J connectivity index is 1.89. The number of ether oxygens (including phenoxy) is 2. The van der Waals surface area contributed by atoms with Gasteiger partial charge in [0.1, 0.15) is 0 Å². The molecule has 2 aromatic carbocycles. The van der Waals surface area contributed by atoms with Crippen LogP contribution >= 0.6 is 0 Å². The minimum absolute atomic E-state index is 0.0596. The zero-order chi connectivity index (χ0) is 15.1. The van der Waals surface area contributed by atoms with Crippen LogP contribution in [0.15, 0.2) is 48.5 Å². The molecule has 110 valence electrons. The number of benzene rings is 2. The van der Waals surface area contributed by atoms with E-state index in [4.69, 9.17) is 9.47 Å². The quantitative estimate of drug-likeness (QED) is 0.886. The van der Waals surface area contributed by atoms with E-state index < -0.39 is 0 Å². The van der Waals surface area contributed by atoms with E-state index in [0.29, 0.717) is 11.5 Å². The van der Waals surface area contributed by atoms with Crippen LogP contribution in [0.25, 0.3) is 0 Å². The monoisotopic (exact) mass is 285 g/mol. The van der Waals surface area contributed by atoms with Gasteiger partial charge in [0.25, 0.3) is 5.91 Å². The standard InChI is InChI=1S/C17H19NO3/c1-3-13-8-10-14(11-9-13)18-17(19)12-21-16-7-5-4-6-15(16)20-2/h4-11H,3,12H2,1-2H3,(H,18,19). The minimum atomic E-state index is -0.204. The molecule has 0 heterocycles. The second kappa shape index (κ2) is 7.33. The van der Waals surface area contributed by atoms with Crippen LogP contribution in [0, 0.1) is 0 Å². The third kappa shape index (κ3) is 4.24. The van der Waals surface area contributed by atoms with Gasteiger partial charge in [0.05, 0.1) is 7.11 Å². The largest absolute Gasteiger partial charge is 0.493 e.